The molecule has 1 heterocycles. The number of morpholine rings is 1. The van der Waals surface area contributed by atoms with Crippen molar-refractivity contribution in [1.82, 2.24) is 4.31 Å². The fraction of sp³-hybridized carbons (Fsp3) is 0.417. The second-order valence-corrected chi connectivity index (χ2v) is 10.0. The Hall–Kier alpha value is -2.55. The monoisotopic (exact) mass is 459 g/mol. The van der Waals surface area contributed by atoms with Crippen molar-refractivity contribution in [3.63, 3.8) is 0 Å². The van der Waals surface area contributed by atoms with Gasteiger partial charge in [-0.2, -0.15) is 4.31 Å². The molecule has 3 rings (SSSR count). The van der Waals surface area contributed by atoms with E-state index in [9.17, 15) is 18.0 Å². The highest BCUT2D eigenvalue weighted by Crippen LogP contribution is 2.22. The number of hydrogen-bond donors (Lipinski definition) is 0. The molecule has 1 aliphatic rings. The summed E-state index contributed by atoms with van der Waals surface area (Å²) in [6, 6.07) is 12.8. The highest BCUT2D eigenvalue weighted by Gasteiger charge is 2.32. The number of carbonyl (C=O) groups is 2. The van der Waals surface area contributed by atoms with Gasteiger partial charge in [-0.1, -0.05) is 37.3 Å². The number of ether oxygens (including phenoxy) is 2. The number of Topliss-reactive ketones (excluding diaryl/α,β-unsaturated/α-hetero) is 1. The quantitative estimate of drug-likeness (QED) is 0.465. The largest absolute Gasteiger partial charge is 0.451 e. The predicted molar refractivity (Wildman–Crippen MR) is 120 cm³/mol. The lowest BCUT2D eigenvalue weighted by Gasteiger charge is -2.34. The fourth-order valence-corrected chi connectivity index (χ4v) is 5.32. The van der Waals surface area contributed by atoms with Crippen LogP contribution in [0.5, 0.6) is 0 Å². The molecule has 0 radical (unpaired) electrons. The first kappa shape index (κ1) is 24.1. The van der Waals surface area contributed by atoms with Gasteiger partial charge in [-0.25, -0.2) is 13.2 Å². The van der Waals surface area contributed by atoms with E-state index in [1.807, 2.05) is 32.9 Å². The van der Waals surface area contributed by atoms with Gasteiger partial charge < -0.3 is 9.47 Å². The van der Waals surface area contributed by atoms with Crippen LogP contribution in [-0.2, 0) is 25.9 Å². The minimum absolute atomic E-state index is 0.00221. The van der Waals surface area contributed by atoms with Crippen molar-refractivity contribution >= 4 is 21.8 Å². The Balaban J connectivity index is 1.73. The SMILES string of the molecule is CCc1ccc(C(=O)C(C)OC(=O)c2cccc(S(=O)(=O)N3CC(C)OC(C)C3)c2)cc1. The lowest BCUT2D eigenvalue weighted by Crippen LogP contribution is -2.48. The third-order valence-corrected chi connectivity index (χ3v) is 7.22. The number of carbonyl (C=O) groups excluding carboxylic acids is 2. The molecule has 0 N–H and O–H groups in total. The van der Waals surface area contributed by atoms with Gasteiger partial charge in [0, 0.05) is 18.7 Å². The highest BCUT2D eigenvalue weighted by atomic mass is 32.2. The van der Waals surface area contributed by atoms with Crippen LogP contribution >= 0.6 is 0 Å². The van der Waals surface area contributed by atoms with Gasteiger partial charge in [0.25, 0.3) is 0 Å². The molecule has 1 fully saturated rings. The third kappa shape index (κ3) is 5.43. The van der Waals surface area contributed by atoms with E-state index >= 15 is 0 Å². The minimum Gasteiger partial charge on any atom is -0.451 e. The van der Waals surface area contributed by atoms with Crippen LogP contribution in [0, 0.1) is 0 Å². The predicted octanol–water partition coefficient (Wildman–Crippen LogP) is 3.48. The summed E-state index contributed by atoms with van der Waals surface area (Å²) in [5.74, 6) is -1.07. The standard InChI is InChI=1S/C24H29NO6S/c1-5-19-9-11-20(12-10-19)23(26)18(4)31-24(27)21-7-6-8-22(13-21)32(28,29)25-14-16(2)30-17(3)15-25/h6-13,16-18H,5,14-15H2,1-4H3. The molecule has 7 nitrogen and oxygen atoms in total. The number of ketones is 1. The van der Waals surface area contributed by atoms with Gasteiger partial charge in [-0.3, -0.25) is 4.79 Å². The number of benzene rings is 2. The van der Waals surface area contributed by atoms with Crippen molar-refractivity contribution < 1.29 is 27.5 Å². The molecule has 1 aliphatic heterocycles. The van der Waals surface area contributed by atoms with E-state index in [4.69, 9.17) is 9.47 Å². The Morgan fingerprint density at radius 3 is 2.28 bits per heavy atom. The molecule has 2 aromatic rings. The number of esters is 1. The number of aryl methyl sites for hydroxylation is 1. The Kier molecular flexibility index (Phi) is 7.48. The van der Waals surface area contributed by atoms with E-state index in [1.165, 1.54) is 35.5 Å². The van der Waals surface area contributed by atoms with E-state index in [0.29, 0.717) is 5.56 Å². The minimum atomic E-state index is -3.80. The van der Waals surface area contributed by atoms with E-state index < -0.39 is 22.1 Å². The number of nitrogens with zero attached hydrogens (tertiary/aromatic N) is 1. The molecule has 3 unspecified atom stereocenters. The number of hydrogen-bond acceptors (Lipinski definition) is 6. The number of sulfonamides is 1. The maximum atomic E-state index is 13.1. The average Bonchev–Trinajstić information content (AvgIpc) is 2.78. The molecule has 0 bridgehead atoms. The molecule has 0 saturated carbocycles. The molecule has 0 spiro atoms. The van der Waals surface area contributed by atoms with Crippen molar-refractivity contribution in [2.75, 3.05) is 13.1 Å². The summed E-state index contributed by atoms with van der Waals surface area (Å²) in [7, 11) is -3.80. The van der Waals surface area contributed by atoms with Gasteiger partial charge in [0.15, 0.2) is 6.10 Å². The first-order valence-electron chi connectivity index (χ1n) is 10.7. The molecule has 2 aromatic carbocycles. The summed E-state index contributed by atoms with van der Waals surface area (Å²) in [6.07, 6.45) is -0.586. The van der Waals surface area contributed by atoms with E-state index in [0.717, 1.165) is 12.0 Å². The Labute approximate surface area is 189 Å². The maximum Gasteiger partial charge on any atom is 0.338 e. The smallest absolute Gasteiger partial charge is 0.338 e. The maximum absolute atomic E-state index is 13.1. The molecular weight excluding hydrogens is 430 g/mol. The number of rotatable bonds is 7. The summed E-state index contributed by atoms with van der Waals surface area (Å²) >= 11 is 0. The topological polar surface area (TPSA) is 90.0 Å². The molecule has 3 atom stereocenters. The summed E-state index contributed by atoms with van der Waals surface area (Å²) in [5, 5.41) is 0. The zero-order valence-corrected chi connectivity index (χ0v) is 19.6. The molecule has 1 saturated heterocycles. The van der Waals surface area contributed by atoms with Crippen LogP contribution < -0.4 is 0 Å². The van der Waals surface area contributed by atoms with Crippen LogP contribution in [0.4, 0.5) is 0 Å². The molecule has 0 aliphatic carbocycles. The Morgan fingerprint density at radius 1 is 1.06 bits per heavy atom. The molecule has 172 valence electrons. The van der Waals surface area contributed by atoms with Crippen molar-refractivity contribution in [1.29, 1.82) is 0 Å². The van der Waals surface area contributed by atoms with Crippen LogP contribution in [-0.4, -0.2) is 55.9 Å². The van der Waals surface area contributed by atoms with Gasteiger partial charge >= 0.3 is 5.97 Å². The Morgan fingerprint density at radius 2 is 1.69 bits per heavy atom. The summed E-state index contributed by atoms with van der Waals surface area (Å²) in [6.45, 7) is 7.65. The van der Waals surface area contributed by atoms with Gasteiger partial charge in [-0.15, -0.1) is 0 Å². The van der Waals surface area contributed by atoms with Gasteiger partial charge in [0.2, 0.25) is 15.8 Å². The molecule has 0 aromatic heterocycles. The highest BCUT2D eigenvalue weighted by molar-refractivity contribution is 7.89. The van der Waals surface area contributed by atoms with Gasteiger partial charge in [0.1, 0.15) is 0 Å². The van der Waals surface area contributed by atoms with E-state index in [1.54, 1.807) is 12.1 Å². The molecule has 0 amide bonds. The second kappa shape index (κ2) is 9.94. The first-order valence-corrected chi connectivity index (χ1v) is 12.2. The summed E-state index contributed by atoms with van der Waals surface area (Å²) in [4.78, 5) is 25.3. The summed E-state index contributed by atoms with van der Waals surface area (Å²) in [5.41, 5.74) is 1.63. The zero-order chi connectivity index (χ0) is 23.5. The first-order chi connectivity index (χ1) is 15.1. The van der Waals surface area contributed by atoms with Crippen molar-refractivity contribution in [3.05, 3.63) is 65.2 Å². The average molecular weight is 460 g/mol. The normalized spacial score (nSPS) is 20.5. The van der Waals surface area contributed by atoms with Crippen LogP contribution in [0.3, 0.4) is 0 Å². The van der Waals surface area contributed by atoms with E-state index in [2.05, 4.69) is 0 Å². The van der Waals surface area contributed by atoms with Gasteiger partial charge in [0.05, 0.1) is 22.7 Å². The van der Waals surface area contributed by atoms with Crippen molar-refractivity contribution in [2.45, 2.75) is 57.3 Å². The second-order valence-electron chi connectivity index (χ2n) is 8.07. The summed E-state index contributed by atoms with van der Waals surface area (Å²) < 4.78 is 38.5. The van der Waals surface area contributed by atoms with Crippen LogP contribution in [0.1, 0.15) is 54.0 Å². The third-order valence-electron chi connectivity index (χ3n) is 5.39. The van der Waals surface area contributed by atoms with Gasteiger partial charge in [-0.05, 0) is 51.0 Å². The van der Waals surface area contributed by atoms with Crippen LogP contribution in [0.15, 0.2) is 53.4 Å². The Bertz CT molecular complexity index is 1070. The molecule has 8 heteroatoms. The molecular formula is C24H29NO6S. The lowest BCUT2D eigenvalue weighted by molar-refractivity contribution is -0.0440. The molecule has 32 heavy (non-hydrogen) atoms. The van der Waals surface area contributed by atoms with Crippen molar-refractivity contribution in [2.24, 2.45) is 0 Å². The zero-order valence-electron chi connectivity index (χ0n) is 18.8. The lowest BCUT2D eigenvalue weighted by atomic mass is 10.0. The van der Waals surface area contributed by atoms with Crippen molar-refractivity contribution in [3.8, 4) is 0 Å². The van der Waals surface area contributed by atoms with Crippen LogP contribution in [0.2, 0.25) is 0 Å². The fourth-order valence-electron chi connectivity index (χ4n) is 3.68. The van der Waals surface area contributed by atoms with Crippen LogP contribution in [0.25, 0.3) is 0 Å². The van der Waals surface area contributed by atoms with E-state index in [-0.39, 0.29) is 41.5 Å².